The highest BCUT2D eigenvalue weighted by Crippen LogP contribution is 2.63. The molecule has 0 bridgehead atoms. The first-order chi connectivity index (χ1) is 11.1. The standard InChI is InChI=1S/C22H34O2/c1-7-21(5)12-10-17-16(14-21)8-9-18-20(3,4)19(24-15(2)23)11-13-22(17,18)6/h7-8,17-19H,1,9-14H2,2-6H3. The second-order valence-electron chi connectivity index (χ2n) is 9.66. The highest BCUT2D eigenvalue weighted by atomic mass is 16.5. The monoisotopic (exact) mass is 330 g/mol. The molecule has 2 heteroatoms. The Morgan fingerprint density at radius 1 is 1.25 bits per heavy atom. The van der Waals surface area contributed by atoms with Crippen molar-refractivity contribution in [3.8, 4) is 0 Å². The van der Waals surface area contributed by atoms with Crippen molar-refractivity contribution in [3.05, 3.63) is 24.3 Å². The van der Waals surface area contributed by atoms with Crippen LogP contribution in [0.5, 0.6) is 0 Å². The molecule has 0 aliphatic heterocycles. The van der Waals surface area contributed by atoms with Crippen molar-refractivity contribution >= 4 is 5.97 Å². The summed E-state index contributed by atoms with van der Waals surface area (Å²) in [4.78, 5) is 11.5. The van der Waals surface area contributed by atoms with Crippen molar-refractivity contribution < 1.29 is 9.53 Å². The topological polar surface area (TPSA) is 26.3 Å². The van der Waals surface area contributed by atoms with Crippen LogP contribution in [0.15, 0.2) is 24.3 Å². The molecule has 3 rings (SSSR count). The summed E-state index contributed by atoms with van der Waals surface area (Å²) in [6.07, 6.45) is 11.7. The number of rotatable bonds is 2. The zero-order chi connectivity index (χ0) is 17.8. The van der Waals surface area contributed by atoms with Crippen LogP contribution >= 0.6 is 0 Å². The molecule has 0 aromatic rings. The van der Waals surface area contributed by atoms with E-state index in [0.717, 1.165) is 12.8 Å². The second kappa shape index (κ2) is 5.75. The lowest BCUT2D eigenvalue weighted by atomic mass is 9.45. The first-order valence-electron chi connectivity index (χ1n) is 9.62. The zero-order valence-electron chi connectivity index (χ0n) is 16.2. The van der Waals surface area contributed by atoms with Gasteiger partial charge in [0.2, 0.25) is 0 Å². The lowest BCUT2D eigenvalue weighted by Crippen LogP contribution is -2.56. The summed E-state index contributed by atoms with van der Waals surface area (Å²) in [7, 11) is 0. The van der Waals surface area contributed by atoms with Crippen LogP contribution in [-0.4, -0.2) is 12.1 Å². The molecule has 0 saturated heterocycles. The molecule has 2 nitrogen and oxygen atoms in total. The lowest BCUT2D eigenvalue weighted by molar-refractivity contribution is -0.172. The first-order valence-corrected chi connectivity index (χ1v) is 9.62. The van der Waals surface area contributed by atoms with Gasteiger partial charge in [-0.25, -0.2) is 0 Å². The van der Waals surface area contributed by atoms with Gasteiger partial charge in [0.25, 0.3) is 0 Å². The van der Waals surface area contributed by atoms with E-state index in [1.54, 1.807) is 12.5 Å². The van der Waals surface area contributed by atoms with E-state index in [9.17, 15) is 4.79 Å². The Bertz CT molecular complexity index is 573. The Morgan fingerprint density at radius 2 is 1.96 bits per heavy atom. The average molecular weight is 331 g/mol. The van der Waals surface area contributed by atoms with Crippen LogP contribution in [0.4, 0.5) is 0 Å². The highest BCUT2D eigenvalue weighted by molar-refractivity contribution is 5.66. The predicted molar refractivity (Wildman–Crippen MR) is 98.5 cm³/mol. The molecule has 0 heterocycles. The summed E-state index contributed by atoms with van der Waals surface area (Å²) < 4.78 is 5.71. The number of carbonyl (C=O) groups excluding carboxylic acids is 1. The fraction of sp³-hybridized carbons (Fsp3) is 0.773. The lowest BCUT2D eigenvalue weighted by Gasteiger charge is -2.60. The third-order valence-electron chi connectivity index (χ3n) is 7.74. The van der Waals surface area contributed by atoms with Crippen LogP contribution in [0.3, 0.4) is 0 Å². The van der Waals surface area contributed by atoms with Crippen molar-refractivity contribution in [1.82, 2.24) is 0 Å². The number of carbonyl (C=O) groups is 1. The number of allylic oxidation sites excluding steroid dienone is 3. The normalized spacial score (nSPS) is 43.9. The molecule has 3 aliphatic rings. The summed E-state index contributed by atoms with van der Waals surface area (Å²) in [5.41, 5.74) is 2.33. The number of ether oxygens (including phenoxy) is 1. The van der Waals surface area contributed by atoms with Gasteiger partial charge in [0, 0.05) is 12.3 Å². The van der Waals surface area contributed by atoms with Gasteiger partial charge in [0.1, 0.15) is 6.10 Å². The van der Waals surface area contributed by atoms with Gasteiger partial charge in [0.05, 0.1) is 0 Å². The number of fused-ring (bicyclic) bond motifs is 3. The maximum atomic E-state index is 11.5. The molecule has 0 radical (unpaired) electrons. The molecular weight excluding hydrogens is 296 g/mol. The molecule has 2 fully saturated rings. The first kappa shape index (κ1) is 17.8. The third-order valence-corrected chi connectivity index (χ3v) is 7.74. The molecule has 0 aromatic carbocycles. The smallest absolute Gasteiger partial charge is 0.302 e. The van der Waals surface area contributed by atoms with E-state index in [1.165, 1.54) is 25.7 Å². The van der Waals surface area contributed by atoms with Crippen LogP contribution in [0.2, 0.25) is 0 Å². The second-order valence-corrected chi connectivity index (χ2v) is 9.66. The minimum atomic E-state index is -0.136. The molecule has 3 aliphatic carbocycles. The average Bonchev–Trinajstić information content (AvgIpc) is 2.49. The molecule has 0 N–H and O–H groups in total. The number of esters is 1. The number of hydrogen-bond donors (Lipinski definition) is 0. The molecular formula is C22H34O2. The van der Waals surface area contributed by atoms with E-state index in [2.05, 4.69) is 46.4 Å². The van der Waals surface area contributed by atoms with E-state index in [1.807, 2.05) is 0 Å². The molecule has 0 spiro atoms. The molecule has 2 saturated carbocycles. The Morgan fingerprint density at radius 3 is 2.58 bits per heavy atom. The Kier molecular flexibility index (Phi) is 4.25. The van der Waals surface area contributed by atoms with Crippen molar-refractivity contribution in [1.29, 1.82) is 0 Å². The van der Waals surface area contributed by atoms with Gasteiger partial charge in [-0.2, -0.15) is 0 Å². The fourth-order valence-corrected chi connectivity index (χ4v) is 6.21. The molecule has 5 atom stereocenters. The summed E-state index contributed by atoms with van der Waals surface area (Å²) >= 11 is 0. The minimum Gasteiger partial charge on any atom is -0.462 e. The number of hydrogen-bond acceptors (Lipinski definition) is 2. The highest BCUT2D eigenvalue weighted by Gasteiger charge is 2.57. The van der Waals surface area contributed by atoms with E-state index in [-0.39, 0.29) is 22.9 Å². The van der Waals surface area contributed by atoms with Gasteiger partial charge in [-0.1, -0.05) is 45.4 Å². The predicted octanol–water partition coefficient (Wildman–Crippen LogP) is 5.68. The third kappa shape index (κ3) is 2.66. The van der Waals surface area contributed by atoms with E-state index >= 15 is 0 Å². The largest absolute Gasteiger partial charge is 0.462 e. The van der Waals surface area contributed by atoms with Crippen LogP contribution in [0, 0.1) is 28.1 Å². The van der Waals surface area contributed by atoms with Gasteiger partial charge in [-0.3, -0.25) is 4.79 Å². The van der Waals surface area contributed by atoms with E-state index < -0.39 is 0 Å². The summed E-state index contributed by atoms with van der Waals surface area (Å²) in [5, 5.41) is 0. The quantitative estimate of drug-likeness (QED) is 0.481. The Labute approximate surface area is 147 Å². The molecule has 24 heavy (non-hydrogen) atoms. The SMILES string of the molecule is C=CC1(C)CCC2C(=CCC3C(C)(C)C(OC(C)=O)CCC23C)C1. The Balaban J connectivity index is 1.90. The van der Waals surface area contributed by atoms with Crippen LogP contribution in [0.1, 0.15) is 73.1 Å². The van der Waals surface area contributed by atoms with Gasteiger partial charge >= 0.3 is 5.97 Å². The van der Waals surface area contributed by atoms with Crippen molar-refractivity contribution in [2.24, 2.45) is 28.1 Å². The molecule has 0 aromatic heterocycles. The molecule has 0 amide bonds. The van der Waals surface area contributed by atoms with Gasteiger partial charge in [0.15, 0.2) is 0 Å². The Hall–Kier alpha value is -1.05. The zero-order valence-corrected chi connectivity index (χ0v) is 16.2. The van der Waals surface area contributed by atoms with E-state index in [0.29, 0.717) is 17.3 Å². The van der Waals surface area contributed by atoms with Crippen LogP contribution < -0.4 is 0 Å². The molecule has 5 unspecified atom stereocenters. The minimum absolute atomic E-state index is 0.0416. The van der Waals surface area contributed by atoms with Gasteiger partial charge in [-0.15, -0.1) is 6.58 Å². The summed E-state index contributed by atoms with van der Waals surface area (Å²) in [6.45, 7) is 15.1. The summed E-state index contributed by atoms with van der Waals surface area (Å²) in [5.74, 6) is 1.15. The maximum Gasteiger partial charge on any atom is 0.302 e. The fourth-order valence-electron chi connectivity index (χ4n) is 6.21. The van der Waals surface area contributed by atoms with Crippen LogP contribution in [0.25, 0.3) is 0 Å². The van der Waals surface area contributed by atoms with Gasteiger partial charge < -0.3 is 4.74 Å². The van der Waals surface area contributed by atoms with Gasteiger partial charge in [-0.05, 0) is 61.2 Å². The van der Waals surface area contributed by atoms with Crippen LogP contribution in [-0.2, 0) is 9.53 Å². The van der Waals surface area contributed by atoms with Crippen molar-refractivity contribution in [3.63, 3.8) is 0 Å². The van der Waals surface area contributed by atoms with Crippen molar-refractivity contribution in [2.45, 2.75) is 79.2 Å². The van der Waals surface area contributed by atoms with E-state index in [4.69, 9.17) is 4.74 Å². The van der Waals surface area contributed by atoms with Crippen molar-refractivity contribution in [2.75, 3.05) is 0 Å². The maximum absolute atomic E-state index is 11.5. The molecule has 134 valence electrons. The summed E-state index contributed by atoms with van der Waals surface area (Å²) in [6, 6.07) is 0.